The van der Waals surface area contributed by atoms with Crippen LogP contribution < -0.4 is 15.6 Å². The van der Waals surface area contributed by atoms with Crippen molar-refractivity contribution in [1.29, 1.82) is 0 Å². The van der Waals surface area contributed by atoms with E-state index in [1.807, 2.05) is 6.92 Å². The maximum Gasteiger partial charge on any atom is 0.241 e. The van der Waals surface area contributed by atoms with E-state index in [2.05, 4.69) is 4.72 Å². The SMILES string of the molecule is CC1CCCCC1(CN)NS(=O)(=O)c1cccc(S(N)(=O)=O)c1.Cl. The van der Waals surface area contributed by atoms with Crippen molar-refractivity contribution in [2.24, 2.45) is 16.8 Å². The molecule has 0 aliphatic heterocycles. The first-order chi connectivity index (χ1) is 10.6. The first kappa shape index (κ1) is 21.3. The van der Waals surface area contributed by atoms with Crippen molar-refractivity contribution in [2.45, 2.75) is 47.9 Å². The molecule has 0 radical (unpaired) electrons. The molecule has 0 saturated heterocycles. The zero-order valence-electron chi connectivity index (χ0n) is 13.4. The van der Waals surface area contributed by atoms with Gasteiger partial charge in [-0.05, 0) is 37.0 Å². The van der Waals surface area contributed by atoms with Gasteiger partial charge in [0.15, 0.2) is 0 Å². The van der Waals surface area contributed by atoms with Crippen molar-refractivity contribution in [3.05, 3.63) is 24.3 Å². The first-order valence-electron chi connectivity index (χ1n) is 7.48. The van der Waals surface area contributed by atoms with Gasteiger partial charge >= 0.3 is 0 Å². The Morgan fingerprint density at radius 3 is 2.38 bits per heavy atom. The molecule has 0 amide bonds. The van der Waals surface area contributed by atoms with Gasteiger partial charge in [0.05, 0.1) is 9.79 Å². The average molecular weight is 398 g/mol. The van der Waals surface area contributed by atoms with Crippen LogP contribution in [0.2, 0.25) is 0 Å². The van der Waals surface area contributed by atoms with Crippen LogP contribution in [-0.4, -0.2) is 28.9 Å². The predicted octanol–water partition coefficient (Wildman–Crippen LogP) is 0.942. The fourth-order valence-electron chi connectivity index (χ4n) is 3.06. The van der Waals surface area contributed by atoms with Crippen LogP contribution in [0.4, 0.5) is 0 Å². The Morgan fingerprint density at radius 2 is 1.83 bits per heavy atom. The molecular formula is C14H24ClN3O4S2. The summed E-state index contributed by atoms with van der Waals surface area (Å²) in [4.78, 5) is -0.367. The smallest absolute Gasteiger partial charge is 0.241 e. The van der Waals surface area contributed by atoms with Crippen LogP contribution in [0.3, 0.4) is 0 Å². The summed E-state index contributed by atoms with van der Waals surface area (Å²) in [6.07, 6.45) is 3.52. The topological polar surface area (TPSA) is 132 Å². The number of hydrogen-bond donors (Lipinski definition) is 3. The Morgan fingerprint density at radius 1 is 1.21 bits per heavy atom. The van der Waals surface area contributed by atoms with Crippen molar-refractivity contribution < 1.29 is 16.8 Å². The number of benzene rings is 1. The number of nitrogens with one attached hydrogen (secondary N) is 1. The standard InChI is InChI=1S/C14H23N3O4S2.ClH/c1-11-5-2-3-8-14(11,10-15)17-23(20,21)13-7-4-6-12(9-13)22(16,18)19;/h4,6-7,9,11,17H,2-3,5,8,10,15H2,1H3,(H2,16,18,19);1H. The fourth-order valence-corrected chi connectivity index (χ4v) is 5.27. The molecule has 0 heterocycles. The molecule has 0 spiro atoms. The molecule has 1 aliphatic carbocycles. The van der Waals surface area contributed by atoms with Crippen LogP contribution in [0.1, 0.15) is 32.6 Å². The molecule has 1 aromatic carbocycles. The minimum Gasteiger partial charge on any atom is -0.329 e. The highest BCUT2D eigenvalue weighted by atomic mass is 35.5. The normalized spacial score (nSPS) is 25.0. The molecule has 2 rings (SSSR count). The maximum absolute atomic E-state index is 12.7. The highest BCUT2D eigenvalue weighted by Gasteiger charge is 2.40. The van der Waals surface area contributed by atoms with E-state index in [4.69, 9.17) is 10.9 Å². The zero-order valence-corrected chi connectivity index (χ0v) is 15.9. The highest BCUT2D eigenvalue weighted by molar-refractivity contribution is 7.90. The second-order valence-electron chi connectivity index (χ2n) is 6.13. The van der Waals surface area contributed by atoms with Crippen molar-refractivity contribution in [3.63, 3.8) is 0 Å². The van der Waals surface area contributed by atoms with E-state index in [1.165, 1.54) is 18.2 Å². The third-order valence-corrected chi connectivity index (χ3v) is 7.06. The number of hydrogen-bond acceptors (Lipinski definition) is 5. The summed E-state index contributed by atoms with van der Waals surface area (Å²) in [5.74, 6) is 0.109. The first-order valence-corrected chi connectivity index (χ1v) is 10.5. The number of primary sulfonamides is 1. The quantitative estimate of drug-likeness (QED) is 0.680. The Kier molecular flexibility index (Phi) is 6.82. The summed E-state index contributed by atoms with van der Waals surface area (Å²) in [5, 5.41) is 5.06. The van der Waals surface area contributed by atoms with Crippen LogP contribution in [0, 0.1) is 5.92 Å². The zero-order chi connectivity index (χ0) is 17.3. The molecule has 24 heavy (non-hydrogen) atoms. The molecule has 0 bridgehead atoms. The van der Waals surface area contributed by atoms with Crippen LogP contribution in [-0.2, 0) is 20.0 Å². The molecule has 1 fully saturated rings. The minimum absolute atomic E-state index is 0. The van der Waals surface area contributed by atoms with Gasteiger partial charge < -0.3 is 5.73 Å². The minimum atomic E-state index is -3.97. The van der Waals surface area contributed by atoms with Crippen LogP contribution in [0.5, 0.6) is 0 Å². The number of halogens is 1. The summed E-state index contributed by atoms with van der Waals surface area (Å²) in [6, 6.07) is 5.02. The van der Waals surface area contributed by atoms with Crippen molar-refractivity contribution >= 4 is 32.5 Å². The van der Waals surface area contributed by atoms with Gasteiger partial charge in [-0.15, -0.1) is 12.4 Å². The lowest BCUT2D eigenvalue weighted by atomic mass is 9.74. The van der Waals surface area contributed by atoms with Gasteiger partial charge in [-0.3, -0.25) is 0 Å². The molecule has 7 nitrogen and oxygen atoms in total. The number of sulfonamides is 2. The van der Waals surface area contributed by atoms with Gasteiger partial charge in [-0.2, -0.15) is 0 Å². The van der Waals surface area contributed by atoms with Crippen molar-refractivity contribution in [1.82, 2.24) is 4.72 Å². The van der Waals surface area contributed by atoms with Gasteiger partial charge in [-0.25, -0.2) is 26.7 Å². The van der Waals surface area contributed by atoms with Crippen molar-refractivity contribution in [2.75, 3.05) is 6.54 Å². The molecule has 2 atom stereocenters. The predicted molar refractivity (Wildman–Crippen MR) is 94.8 cm³/mol. The third kappa shape index (κ3) is 4.47. The second-order valence-corrected chi connectivity index (χ2v) is 9.38. The van der Waals surface area contributed by atoms with Gasteiger partial charge in [0.25, 0.3) is 0 Å². The van der Waals surface area contributed by atoms with Crippen molar-refractivity contribution in [3.8, 4) is 0 Å². The summed E-state index contributed by atoms with van der Waals surface area (Å²) in [6.45, 7) is 2.18. The average Bonchev–Trinajstić information content (AvgIpc) is 2.49. The van der Waals surface area contributed by atoms with Crippen LogP contribution >= 0.6 is 12.4 Å². The van der Waals surface area contributed by atoms with E-state index in [0.29, 0.717) is 6.42 Å². The van der Waals surface area contributed by atoms with E-state index < -0.39 is 25.6 Å². The molecule has 1 aliphatic rings. The number of nitrogens with two attached hydrogens (primary N) is 2. The Balaban J connectivity index is 0.00000288. The van der Waals surface area contributed by atoms with Gasteiger partial charge in [-0.1, -0.05) is 25.8 Å². The van der Waals surface area contributed by atoms with Gasteiger partial charge in [0.2, 0.25) is 20.0 Å². The Hall–Kier alpha value is -0.710. The largest absolute Gasteiger partial charge is 0.329 e. The van der Waals surface area contributed by atoms with E-state index >= 15 is 0 Å². The molecule has 2 unspecified atom stereocenters. The van der Waals surface area contributed by atoms with E-state index in [1.54, 1.807) is 0 Å². The van der Waals surface area contributed by atoms with E-state index in [9.17, 15) is 16.8 Å². The molecule has 5 N–H and O–H groups in total. The lowest BCUT2D eigenvalue weighted by molar-refractivity contribution is 0.191. The summed E-state index contributed by atoms with van der Waals surface area (Å²) in [5.41, 5.74) is 5.17. The highest BCUT2D eigenvalue weighted by Crippen LogP contribution is 2.34. The summed E-state index contributed by atoms with van der Waals surface area (Å²) in [7, 11) is -7.86. The Labute approximate surface area is 149 Å². The van der Waals surface area contributed by atoms with Crippen LogP contribution in [0.15, 0.2) is 34.1 Å². The molecule has 1 aromatic rings. The number of rotatable bonds is 5. The maximum atomic E-state index is 12.7. The van der Waals surface area contributed by atoms with E-state index in [0.717, 1.165) is 25.3 Å². The lowest BCUT2D eigenvalue weighted by Gasteiger charge is -2.42. The van der Waals surface area contributed by atoms with Gasteiger partial charge in [0, 0.05) is 12.1 Å². The summed E-state index contributed by atoms with van der Waals surface area (Å²) < 4.78 is 50.9. The van der Waals surface area contributed by atoms with E-state index in [-0.39, 0.29) is 34.7 Å². The lowest BCUT2D eigenvalue weighted by Crippen LogP contribution is -2.58. The monoisotopic (exact) mass is 397 g/mol. The van der Waals surface area contributed by atoms with Crippen LogP contribution in [0.25, 0.3) is 0 Å². The molecule has 0 aromatic heterocycles. The molecule has 1 saturated carbocycles. The van der Waals surface area contributed by atoms with Gasteiger partial charge in [0.1, 0.15) is 0 Å². The molecular weight excluding hydrogens is 374 g/mol. The fraction of sp³-hybridized carbons (Fsp3) is 0.571. The molecule has 138 valence electrons. The second kappa shape index (κ2) is 7.67. The molecule has 10 heteroatoms. The summed E-state index contributed by atoms with van der Waals surface area (Å²) >= 11 is 0. The third-order valence-electron chi connectivity index (χ3n) is 4.60. The Bertz CT molecular complexity index is 783.